The van der Waals surface area contributed by atoms with Crippen molar-refractivity contribution in [1.82, 2.24) is 5.32 Å². The Morgan fingerprint density at radius 2 is 1.88 bits per heavy atom. The zero-order valence-electron chi connectivity index (χ0n) is 10.8. The van der Waals surface area contributed by atoms with Crippen LogP contribution in [-0.4, -0.2) is 26.9 Å². The Morgan fingerprint density at radius 1 is 1.12 bits per heavy atom. The van der Waals surface area contributed by atoms with Crippen LogP contribution in [0.1, 0.15) is 31.3 Å². The third-order valence-electron chi connectivity index (χ3n) is 2.33. The minimum Gasteiger partial charge on any atom is -0.462 e. The van der Waals surface area contributed by atoms with Crippen molar-refractivity contribution in [3.8, 4) is 0 Å². The van der Waals surface area contributed by atoms with Crippen LogP contribution >= 0.6 is 0 Å². The molecule has 0 amide bonds. The molecule has 0 fully saturated rings. The Hall–Kier alpha value is -0.840. The smallest absolute Gasteiger partial charge is 0.129 e. The maximum atomic E-state index is 5.54. The summed E-state index contributed by atoms with van der Waals surface area (Å²) in [5.74, 6) is 1.80. The molecule has 0 atom stereocenters. The van der Waals surface area contributed by atoms with Crippen LogP contribution in [0.25, 0.3) is 0 Å². The quantitative estimate of drug-likeness (QED) is 0.638. The highest BCUT2D eigenvalue weighted by molar-refractivity contribution is 5.06. The molecular weight excluding hydrogens is 218 g/mol. The number of unbranched alkanes of at least 4 members (excludes halogenated alkanes) is 1. The Balaban J connectivity index is 2.01. The molecule has 4 nitrogen and oxygen atoms in total. The highest BCUT2D eigenvalue weighted by Crippen LogP contribution is 2.08. The standard InChI is InChI=1S/C13H23NO3/c1-3-4-7-15-8-9-16-11-13-6-5-12(17-13)10-14-2/h5-6,14H,3-4,7-11H2,1-2H3. The lowest BCUT2D eigenvalue weighted by Gasteiger charge is -2.03. The van der Waals surface area contributed by atoms with Gasteiger partial charge < -0.3 is 19.2 Å². The predicted molar refractivity (Wildman–Crippen MR) is 66.9 cm³/mol. The fourth-order valence-electron chi connectivity index (χ4n) is 1.41. The van der Waals surface area contributed by atoms with Crippen molar-refractivity contribution in [3.63, 3.8) is 0 Å². The largest absolute Gasteiger partial charge is 0.462 e. The van der Waals surface area contributed by atoms with Crippen LogP contribution in [0.5, 0.6) is 0 Å². The van der Waals surface area contributed by atoms with Gasteiger partial charge >= 0.3 is 0 Å². The molecule has 0 saturated carbocycles. The summed E-state index contributed by atoms with van der Waals surface area (Å²) >= 11 is 0. The summed E-state index contributed by atoms with van der Waals surface area (Å²) in [6.07, 6.45) is 2.28. The summed E-state index contributed by atoms with van der Waals surface area (Å²) in [6, 6.07) is 3.91. The molecule has 1 aromatic rings. The van der Waals surface area contributed by atoms with Crippen molar-refractivity contribution < 1.29 is 13.9 Å². The van der Waals surface area contributed by atoms with Crippen LogP contribution in [0.3, 0.4) is 0 Å². The molecule has 0 aromatic carbocycles. The van der Waals surface area contributed by atoms with Gasteiger partial charge in [-0.1, -0.05) is 13.3 Å². The highest BCUT2D eigenvalue weighted by Gasteiger charge is 2.00. The van der Waals surface area contributed by atoms with Gasteiger partial charge in [0.2, 0.25) is 0 Å². The van der Waals surface area contributed by atoms with Crippen LogP contribution in [0.15, 0.2) is 16.5 Å². The average molecular weight is 241 g/mol. The van der Waals surface area contributed by atoms with Gasteiger partial charge in [-0.3, -0.25) is 0 Å². The summed E-state index contributed by atoms with van der Waals surface area (Å²) in [7, 11) is 1.90. The number of ether oxygens (including phenoxy) is 2. The van der Waals surface area contributed by atoms with Gasteiger partial charge in [-0.15, -0.1) is 0 Å². The molecule has 0 spiro atoms. The number of hydrogen-bond donors (Lipinski definition) is 1. The number of hydrogen-bond acceptors (Lipinski definition) is 4. The van der Waals surface area contributed by atoms with Crippen LogP contribution < -0.4 is 5.32 Å². The van der Waals surface area contributed by atoms with Crippen LogP contribution in [0, 0.1) is 0 Å². The highest BCUT2D eigenvalue weighted by atomic mass is 16.5. The lowest BCUT2D eigenvalue weighted by Crippen LogP contribution is -2.05. The molecule has 0 aliphatic rings. The zero-order valence-corrected chi connectivity index (χ0v) is 10.8. The second-order valence-corrected chi connectivity index (χ2v) is 3.92. The summed E-state index contributed by atoms with van der Waals surface area (Å²) in [5.41, 5.74) is 0. The summed E-state index contributed by atoms with van der Waals surface area (Å²) in [5, 5.41) is 3.04. The first-order valence-electron chi connectivity index (χ1n) is 6.24. The number of nitrogens with one attached hydrogen (secondary N) is 1. The summed E-state index contributed by atoms with van der Waals surface area (Å²) in [4.78, 5) is 0. The van der Waals surface area contributed by atoms with E-state index in [9.17, 15) is 0 Å². The molecule has 0 unspecified atom stereocenters. The van der Waals surface area contributed by atoms with Crippen molar-refractivity contribution in [1.29, 1.82) is 0 Å². The monoisotopic (exact) mass is 241 g/mol. The van der Waals surface area contributed by atoms with Gasteiger partial charge in [-0.05, 0) is 25.6 Å². The van der Waals surface area contributed by atoms with Crippen LogP contribution in [0.2, 0.25) is 0 Å². The van der Waals surface area contributed by atoms with Crippen molar-refractivity contribution in [2.24, 2.45) is 0 Å². The second-order valence-electron chi connectivity index (χ2n) is 3.92. The van der Waals surface area contributed by atoms with Gasteiger partial charge in [0, 0.05) is 6.61 Å². The number of rotatable bonds is 10. The molecule has 0 radical (unpaired) electrons. The van der Waals surface area contributed by atoms with E-state index in [0.29, 0.717) is 19.8 Å². The first-order valence-corrected chi connectivity index (χ1v) is 6.24. The fraction of sp³-hybridized carbons (Fsp3) is 0.692. The van der Waals surface area contributed by atoms with Gasteiger partial charge in [0.15, 0.2) is 0 Å². The van der Waals surface area contributed by atoms with E-state index in [2.05, 4.69) is 12.2 Å². The van der Waals surface area contributed by atoms with Gasteiger partial charge in [0.05, 0.1) is 19.8 Å². The Bertz CT molecular complexity index is 286. The molecule has 4 heteroatoms. The summed E-state index contributed by atoms with van der Waals surface area (Å²) in [6.45, 7) is 5.52. The molecule has 1 heterocycles. The molecule has 17 heavy (non-hydrogen) atoms. The Kier molecular flexibility index (Phi) is 7.71. The second kappa shape index (κ2) is 9.22. The normalized spacial score (nSPS) is 10.9. The van der Waals surface area contributed by atoms with Gasteiger partial charge in [0.25, 0.3) is 0 Å². The maximum absolute atomic E-state index is 5.54. The molecule has 1 rings (SSSR count). The van der Waals surface area contributed by atoms with E-state index >= 15 is 0 Å². The van der Waals surface area contributed by atoms with Gasteiger partial charge in [0.1, 0.15) is 18.1 Å². The lowest BCUT2D eigenvalue weighted by molar-refractivity contribution is 0.0336. The van der Waals surface area contributed by atoms with Gasteiger partial charge in [-0.25, -0.2) is 0 Å². The molecule has 0 saturated heterocycles. The molecule has 1 aromatic heterocycles. The molecular formula is C13H23NO3. The summed E-state index contributed by atoms with van der Waals surface area (Å²) < 4.78 is 16.4. The third kappa shape index (κ3) is 6.46. The lowest BCUT2D eigenvalue weighted by atomic mass is 10.4. The molecule has 1 N–H and O–H groups in total. The average Bonchev–Trinajstić information content (AvgIpc) is 2.76. The first-order chi connectivity index (χ1) is 8.36. The Labute approximate surface area is 103 Å². The Morgan fingerprint density at radius 3 is 2.65 bits per heavy atom. The van der Waals surface area contributed by atoms with E-state index in [-0.39, 0.29) is 0 Å². The maximum Gasteiger partial charge on any atom is 0.129 e. The van der Waals surface area contributed by atoms with Crippen molar-refractivity contribution >= 4 is 0 Å². The van der Waals surface area contributed by atoms with E-state index in [1.807, 2.05) is 19.2 Å². The van der Waals surface area contributed by atoms with Gasteiger partial charge in [-0.2, -0.15) is 0 Å². The molecule has 0 aliphatic carbocycles. The van der Waals surface area contributed by atoms with E-state index in [4.69, 9.17) is 13.9 Å². The van der Waals surface area contributed by atoms with Crippen LogP contribution in [0.4, 0.5) is 0 Å². The van der Waals surface area contributed by atoms with Crippen molar-refractivity contribution in [2.45, 2.75) is 32.9 Å². The third-order valence-corrected chi connectivity index (χ3v) is 2.33. The van der Waals surface area contributed by atoms with Crippen molar-refractivity contribution in [3.05, 3.63) is 23.7 Å². The fourth-order valence-corrected chi connectivity index (χ4v) is 1.41. The predicted octanol–water partition coefficient (Wildman–Crippen LogP) is 2.33. The van der Waals surface area contributed by atoms with E-state index in [0.717, 1.165) is 31.1 Å². The van der Waals surface area contributed by atoms with Crippen LogP contribution in [-0.2, 0) is 22.6 Å². The minimum absolute atomic E-state index is 0.515. The molecule has 0 bridgehead atoms. The first kappa shape index (κ1) is 14.2. The van der Waals surface area contributed by atoms with E-state index in [1.54, 1.807) is 0 Å². The zero-order chi connectivity index (χ0) is 12.3. The number of furan rings is 1. The minimum atomic E-state index is 0.515. The SMILES string of the molecule is CCCCOCCOCc1ccc(CNC)o1. The van der Waals surface area contributed by atoms with Crippen molar-refractivity contribution in [2.75, 3.05) is 26.9 Å². The topological polar surface area (TPSA) is 43.6 Å². The van der Waals surface area contributed by atoms with E-state index in [1.165, 1.54) is 6.42 Å². The molecule has 98 valence electrons. The van der Waals surface area contributed by atoms with E-state index < -0.39 is 0 Å². The molecule has 0 aliphatic heterocycles.